The van der Waals surface area contributed by atoms with Crippen LogP contribution in [0.4, 0.5) is 17.6 Å². The Morgan fingerprint density at radius 1 is 1.09 bits per heavy atom. The van der Waals surface area contributed by atoms with Gasteiger partial charge in [0.2, 0.25) is 0 Å². The smallest absolute Gasteiger partial charge is 0.207 e. The maximum atomic E-state index is 12.4. The van der Waals surface area contributed by atoms with Crippen molar-refractivity contribution in [1.82, 2.24) is 0 Å². The molecule has 0 atom stereocenters. The molecular weight excluding hydrogens is 160 g/mol. The van der Waals surface area contributed by atoms with Crippen LogP contribution in [0, 0.1) is 18.1 Å². The third kappa shape index (κ3) is 1.69. The first kappa shape index (κ1) is 8.04. The summed E-state index contributed by atoms with van der Waals surface area (Å²) in [5.74, 6) is -2.00. The third-order valence-electron chi connectivity index (χ3n) is 1.13. The largest absolute Gasteiger partial charge is 0.342 e. The van der Waals surface area contributed by atoms with Crippen molar-refractivity contribution < 1.29 is 17.6 Å². The molecule has 1 radical (unpaired) electrons. The van der Waals surface area contributed by atoms with Gasteiger partial charge in [0.05, 0.1) is 5.56 Å². The van der Waals surface area contributed by atoms with Crippen molar-refractivity contribution in [3.63, 3.8) is 0 Å². The minimum Gasteiger partial charge on any atom is -0.207 e. The summed E-state index contributed by atoms with van der Waals surface area (Å²) < 4.78 is 48.0. The lowest BCUT2D eigenvalue weighted by Crippen LogP contribution is -1.91. The summed E-state index contributed by atoms with van der Waals surface area (Å²) in [5.41, 5.74) is -0.981. The zero-order valence-electron chi connectivity index (χ0n) is 5.24. The minimum absolute atomic E-state index is 0.449. The maximum Gasteiger partial charge on any atom is 0.342 e. The fourth-order valence-electron chi connectivity index (χ4n) is 0.642. The molecule has 0 saturated heterocycles. The van der Waals surface area contributed by atoms with Crippen LogP contribution in [-0.2, 0) is 0 Å². The van der Waals surface area contributed by atoms with Gasteiger partial charge in [-0.3, -0.25) is 0 Å². The molecule has 0 nitrogen and oxygen atoms in total. The van der Waals surface area contributed by atoms with Gasteiger partial charge < -0.3 is 0 Å². The number of hydrogen-bond donors (Lipinski definition) is 0. The predicted molar refractivity (Wildman–Crippen MR) is 30.9 cm³/mol. The van der Waals surface area contributed by atoms with Crippen molar-refractivity contribution in [2.75, 3.05) is 0 Å². The Balaban J connectivity index is 3.13. The fraction of sp³-hybridized carbons (Fsp3) is 0. The molecule has 0 spiro atoms. The van der Waals surface area contributed by atoms with Crippen LogP contribution in [-0.4, -0.2) is 0 Å². The summed E-state index contributed by atoms with van der Waals surface area (Å²) in [5, 5.41) is 0. The quantitative estimate of drug-likeness (QED) is 0.558. The van der Waals surface area contributed by atoms with E-state index in [1.807, 2.05) is 0 Å². The van der Waals surface area contributed by atoms with Crippen molar-refractivity contribution in [2.45, 2.75) is 0 Å². The first-order chi connectivity index (χ1) is 5.11. The van der Waals surface area contributed by atoms with Crippen LogP contribution in [0.15, 0.2) is 18.2 Å². The summed E-state index contributed by atoms with van der Waals surface area (Å²) in [6, 6.07) is 1.89. The van der Waals surface area contributed by atoms with Gasteiger partial charge in [-0.15, -0.1) is 0 Å². The maximum absolute atomic E-state index is 12.4. The number of rotatable bonds is 1. The Hall–Kier alpha value is -1.06. The van der Waals surface area contributed by atoms with Crippen LogP contribution in [0.25, 0.3) is 0 Å². The lowest BCUT2D eigenvalue weighted by molar-refractivity contribution is 0.316. The van der Waals surface area contributed by atoms with Gasteiger partial charge in [-0.05, 0) is 18.2 Å². The van der Waals surface area contributed by atoms with E-state index in [4.69, 9.17) is 0 Å². The van der Waals surface area contributed by atoms with Gasteiger partial charge in [0.15, 0.2) is 0 Å². The minimum atomic E-state index is -2.22. The van der Waals surface area contributed by atoms with Gasteiger partial charge in [0, 0.05) is 0 Å². The molecule has 1 aromatic rings. The SMILES string of the molecule is F[C](F)c1cc(F)ccc1F. The van der Waals surface area contributed by atoms with Gasteiger partial charge in [-0.1, -0.05) is 0 Å². The van der Waals surface area contributed by atoms with Gasteiger partial charge in [-0.2, -0.15) is 8.78 Å². The van der Waals surface area contributed by atoms with E-state index in [1.54, 1.807) is 0 Å². The van der Waals surface area contributed by atoms with E-state index in [1.165, 1.54) is 0 Å². The molecule has 0 aliphatic rings. The molecule has 0 fully saturated rings. The Morgan fingerprint density at radius 2 is 1.73 bits per heavy atom. The summed E-state index contributed by atoms with van der Waals surface area (Å²) >= 11 is 0. The second-order valence-electron chi connectivity index (χ2n) is 1.88. The van der Waals surface area contributed by atoms with E-state index in [-0.39, 0.29) is 0 Å². The third-order valence-corrected chi connectivity index (χ3v) is 1.13. The van der Waals surface area contributed by atoms with Crippen LogP contribution in [0.3, 0.4) is 0 Å². The molecule has 0 amide bonds. The lowest BCUT2D eigenvalue weighted by Gasteiger charge is -1.98. The van der Waals surface area contributed by atoms with Crippen LogP contribution in [0.2, 0.25) is 0 Å². The second-order valence-corrected chi connectivity index (χ2v) is 1.88. The molecule has 0 N–H and O–H groups in total. The fourth-order valence-corrected chi connectivity index (χ4v) is 0.642. The summed E-state index contributed by atoms with van der Waals surface area (Å²) in [4.78, 5) is 0. The van der Waals surface area contributed by atoms with Crippen molar-refractivity contribution in [3.05, 3.63) is 41.8 Å². The van der Waals surface area contributed by atoms with E-state index in [2.05, 4.69) is 0 Å². The molecule has 0 aromatic heterocycles. The molecule has 0 saturated carbocycles. The summed E-state index contributed by atoms with van der Waals surface area (Å²) in [6.45, 7) is 0. The average molecular weight is 163 g/mol. The first-order valence-corrected chi connectivity index (χ1v) is 2.74. The summed E-state index contributed by atoms with van der Waals surface area (Å²) in [7, 11) is 0. The molecule has 11 heavy (non-hydrogen) atoms. The zero-order valence-corrected chi connectivity index (χ0v) is 5.24. The number of benzene rings is 1. The zero-order chi connectivity index (χ0) is 8.43. The standard InChI is InChI=1S/C7H3F4/c8-4-1-2-6(9)5(3-4)7(10)11/h1-3H. The molecule has 59 valence electrons. The molecule has 0 bridgehead atoms. The van der Waals surface area contributed by atoms with E-state index in [0.717, 1.165) is 6.07 Å². The average Bonchev–Trinajstić information content (AvgIpc) is 1.94. The second kappa shape index (κ2) is 2.90. The van der Waals surface area contributed by atoms with E-state index in [0.29, 0.717) is 12.1 Å². The Bertz CT molecular complexity index is 257. The predicted octanol–water partition coefficient (Wildman–Crippen LogP) is 2.74. The van der Waals surface area contributed by atoms with Gasteiger partial charge in [0.1, 0.15) is 11.6 Å². The molecule has 0 heterocycles. The van der Waals surface area contributed by atoms with Crippen molar-refractivity contribution in [1.29, 1.82) is 0 Å². The Morgan fingerprint density at radius 3 is 2.18 bits per heavy atom. The molecule has 0 aliphatic heterocycles. The van der Waals surface area contributed by atoms with Crippen molar-refractivity contribution in [2.24, 2.45) is 0 Å². The molecule has 0 aliphatic carbocycles. The van der Waals surface area contributed by atoms with E-state index in [9.17, 15) is 17.6 Å². The highest BCUT2D eigenvalue weighted by Gasteiger charge is 2.15. The van der Waals surface area contributed by atoms with Gasteiger partial charge in [-0.25, -0.2) is 8.78 Å². The summed E-state index contributed by atoms with van der Waals surface area (Å²) in [6.07, 6.45) is -2.22. The Kier molecular flexibility index (Phi) is 2.12. The van der Waals surface area contributed by atoms with E-state index < -0.39 is 23.6 Å². The highest BCUT2D eigenvalue weighted by Crippen LogP contribution is 2.21. The molecular formula is C7H3F4. The topological polar surface area (TPSA) is 0 Å². The van der Waals surface area contributed by atoms with Crippen LogP contribution >= 0.6 is 0 Å². The monoisotopic (exact) mass is 163 g/mol. The molecule has 0 unspecified atom stereocenters. The molecule has 1 aromatic carbocycles. The normalized spacial score (nSPS) is 10.6. The number of hydrogen-bond acceptors (Lipinski definition) is 0. The molecule has 4 heteroatoms. The van der Waals surface area contributed by atoms with Gasteiger partial charge in [0.25, 0.3) is 0 Å². The molecule has 1 rings (SSSR count). The highest BCUT2D eigenvalue weighted by molar-refractivity contribution is 5.25. The highest BCUT2D eigenvalue weighted by atomic mass is 19.3. The van der Waals surface area contributed by atoms with Gasteiger partial charge >= 0.3 is 6.43 Å². The van der Waals surface area contributed by atoms with Crippen LogP contribution in [0.5, 0.6) is 0 Å². The number of halogens is 4. The van der Waals surface area contributed by atoms with E-state index >= 15 is 0 Å². The van der Waals surface area contributed by atoms with Crippen molar-refractivity contribution in [3.8, 4) is 0 Å². The van der Waals surface area contributed by atoms with Crippen LogP contribution in [0.1, 0.15) is 5.56 Å². The first-order valence-electron chi connectivity index (χ1n) is 2.74. The van der Waals surface area contributed by atoms with Crippen LogP contribution < -0.4 is 0 Å². The lowest BCUT2D eigenvalue weighted by atomic mass is 10.2. The van der Waals surface area contributed by atoms with Crippen molar-refractivity contribution >= 4 is 0 Å². The Labute approximate surface area is 60.5 Å².